The molecule has 0 saturated carbocycles. The number of nitrogens with two attached hydrogens (primary N) is 1. The van der Waals surface area contributed by atoms with Gasteiger partial charge in [0.05, 0.1) is 0 Å². The Bertz CT molecular complexity index is 264. The molecule has 0 aromatic carbocycles. The van der Waals surface area contributed by atoms with Crippen molar-refractivity contribution in [2.24, 2.45) is 10.7 Å². The van der Waals surface area contributed by atoms with Gasteiger partial charge in [0.15, 0.2) is 6.08 Å². The fourth-order valence-corrected chi connectivity index (χ4v) is 0.931. The van der Waals surface area contributed by atoms with E-state index in [1.165, 1.54) is 0 Å². The maximum Gasteiger partial charge on any atom is 0.247 e. The van der Waals surface area contributed by atoms with Gasteiger partial charge in [0.1, 0.15) is 12.4 Å². The predicted octanol–water partition coefficient (Wildman–Crippen LogP) is 0.477. The van der Waals surface area contributed by atoms with Crippen molar-refractivity contribution in [2.45, 2.75) is 0 Å². The van der Waals surface area contributed by atoms with Crippen molar-refractivity contribution in [3.05, 3.63) is 22.5 Å². The molecule has 0 fully saturated rings. The lowest BCUT2D eigenvalue weighted by Gasteiger charge is -1.91. The highest BCUT2D eigenvalue weighted by atomic mass is 79.9. The lowest BCUT2D eigenvalue weighted by molar-refractivity contribution is 1.14. The van der Waals surface area contributed by atoms with Gasteiger partial charge in [-0.1, -0.05) is 0 Å². The Hall–Kier alpha value is -1.19. The van der Waals surface area contributed by atoms with Crippen LogP contribution in [-0.2, 0) is 0 Å². The fraction of sp³-hybridized carbons (Fsp3) is 0. The molecule has 56 valence electrons. The predicted molar refractivity (Wildman–Crippen MR) is 47.3 cm³/mol. The van der Waals surface area contributed by atoms with Gasteiger partial charge in [0.25, 0.3) is 0 Å². The second-order valence-corrected chi connectivity index (χ2v) is 2.58. The number of halogens is 1. The van der Waals surface area contributed by atoms with Gasteiger partial charge < -0.3 is 5.73 Å². The third kappa shape index (κ3) is 1.86. The number of hydrogen-bond donors (Lipinski definition) is 3. The molecule has 4 N–H and O–H groups in total. The lowest BCUT2D eigenvalue weighted by atomic mass is 10.4. The highest BCUT2D eigenvalue weighted by molar-refractivity contribution is 9.11. The van der Waals surface area contributed by atoms with Crippen molar-refractivity contribution < 1.29 is 0 Å². The maximum absolute atomic E-state index is 6.66. The van der Waals surface area contributed by atoms with Crippen LogP contribution in [0.4, 0.5) is 0 Å². The molecule has 5 heteroatoms. The van der Waals surface area contributed by atoms with Crippen molar-refractivity contribution in [1.82, 2.24) is 5.32 Å². The lowest BCUT2D eigenvalue weighted by Crippen LogP contribution is -2.22. The smallest absolute Gasteiger partial charge is 0.247 e. The molecule has 1 aliphatic heterocycles. The average molecular weight is 214 g/mol. The molecule has 1 rings (SSSR count). The molecule has 0 amide bonds. The second-order valence-electron chi connectivity index (χ2n) is 1.78. The van der Waals surface area contributed by atoms with Gasteiger partial charge >= 0.3 is 0 Å². The summed E-state index contributed by atoms with van der Waals surface area (Å²) in [4.78, 5) is 3.57. The number of nitrogens with zero attached hydrogens (tertiary/aromatic N) is 1. The zero-order valence-corrected chi connectivity index (χ0v) is 7.14. The van der Waals surface area contributed by atoms with Crippen molar-refractivity contribution in [2.75, 3.05) is 0 Å². The molecular formula is C6H6BrN4+. The molecule has 4 nitrogen and oxygen atoms in total. The third-order valence-corrected chi connectivity index (χ3v) is 1.49. The van der Waals surface area contributed by atoms with Crippen LogP contribution in [0, 0.1) is 11.5 Å². The maximum atomic E-state index is 6.66. The molecule has 0 radical (unpaired) electrons. The highest BCUT2D eigenvalue weighted by Gasteiger charge is 2.19. The molecule has 0 unspecified atom stereocenters. The summed E-state index contributed by atoms with van der Waals surface area (Å²) in [7, 11) is 0. The van der Waals surface area contributed by atoms with Crippen molar-refractivity contribution >= 4 is 28.1 Å². The molecule has 1 aliphatic rings. The molecule has 0 aromatic heterocycles. The van der Waals surface area contributed by atoms with Crippen molar-refractivity contribution in [1.29, 1.82) is 5.41 Å². The van der Waals surface area contributed by atoms with Gasteiger partial charge in [0, 0.05) is 15.9 Å². The minimum absolute atomic E-state index is 0.280. The summed E-state index contributed by atoms with van der Waals surface area (Å²) < 4.78 is 0.718. The van der Waals surface area contributed by atoms with Crippen LogP contribution in [0.25, 0.3) is 0 Å². The second kappa shape index (κ2) is 3.27. The number of rotatable bonds is 2. The summed E-state index contributed by atoms with van der Waals surface area (Å²) in [5, 5.41) is 9.52. The molecule has 0 atom stereocenters. The Morgan fingerprint density at radius 1 is 1.91 bits per heavy atom. The number of aliphatic imine (C=N–C) groups is 1. The minimum atomic E-state index is 0.280. The summed E-state index contributed by atoms with van der Waals surface area (Å²) >= 11 is 3.17. The summed E-state index contributed by atoms with van der Waals surface area (Å²) in [6.07, 6.45) is 5.39. The van der Waals surface area contributed by atoms with E-state index in [0.29, 0.717) is 5.70 Å². The summed E-state index contributed by atoms with van der Waals surface area (Å²) in [6.45, 7) is 0. The first-order chi connectivity index (χ1) is 5.24. The topological polar surface area (TPSA) is 74.3 Å². The largest absolute Gasteiger partial charge is 0.364 e. The fourth-order valence-electron chi connectivity index (χ4n) is 0.603. The van der Waals surface area contributed by atoms with E-state index in [2.05, 4.69) is 32.3 Å². The Morgan fingerprint density at radius 2 is 2.64 bits per heavy atom. The van der Waals surface area contributed by atoms with E-state index in [0.717, 1.165) is 10.9 Å². The number of nitrogens with one attached hydrogen (secondary N) is 2. The van der Waals surface area contributed by atoms with E-state index in [-0.39, 0.29) is 5.84 Å². The highest BCUT2D eigenvalue weighted by Crippen LogP contribution is 2.09. The number of hydrogen-bond acceptors (Lipinski definition) is 2. The van der Waals surface area contributed by atoms with Crippen LogP contribution in [0.2, 0.25) is 0 Å². The first kappa shape index (κ1) is 7.91. The average Bonchev–Trinajstić information content (AvgIpc) is 2.36. The van der Waals surface area contributed by atoms with Crippen LogP contribution >= 0.6 is 15.9 Å². The van der Waals surface area contributed by atoms with E-state index in [1.807, 2.05) is 0 Å². The van der Waals surface area contributed by atoms with Crippen LogP contribution in [0.5, 0.6) is 0 Å². The van der Waals surface area contributed by atoms with Gasteiger partial charge in [-0.25, -0.2) is 5.32 Å². The molecular weight excluding hydrogens is 208 g/mol. The zero-order chi connectivity index (χ0) is 8.27. The molecule has 0 aromatic rings. The van der Waals surface area contributed by atoms with Gasteiger partial charge in [-0.2, -0.15) is 4.99 Å². The van der Waals surface area contributed by atoms with E-state index in [4.69, 9.17) is 11.1 Å². The van der Waals surface area contributed by atoms with Gasteiger partial charge in [-0.15, -0.1) is 0 Å². The van der Waals surface area contributed by atoms with Gasteiger partial charge in [-0.05, 0) is 0 Å². The quantitative estimate of drug-likeness (QED) is 0.270. The first-order valence-electron chi connectivity index (χ1n) is 2.83. The molecule has 0 saturated heterocycles. The summed E-state index contributed by atoms with van der Waals surface area (Å²) in [6, 6.07) is 0. The molecule has 0 aliphatic carbocycles. The van der Waals surface area contributed by atoms with E-state index in [9.17, 15) is 0 Å². The van der Waals surface area contributed by atoms with Crippen LogP contribution in [0.15, 0.2) is 21.4 Å². The van der Waals surface area contributed by atoms with Crippen LogP contribution in [-0.4, -0.2) is 12.2 Å². The standard InChI is InChI=1S/C6H6BrN4/c7-5-2-1-4(11-5)6(9)10-3-8/h1,3,11H,(H3,8,9,10)/q+1. The van der Waals surface area contributed by atoms with Crippen LogP contribution in [0.3, 0.4) is 0 Å². The first-order valence-corrected chi connectivity index (χ1v) is 3.62. The van der Waals surface area contributed by atoms with Crippen molar-refractivity contribution in [3.63, 3.8) is 0 Å². The van der Waals surface area contributed by atoms with Crippen LogP contribution in [0.1, 0.15) is 0 Å². The summed E-state index contributed by atoms with van der Waals surface area (Å²) in [5.41, 5.74) is 6.10. The van der Waals surface area contributed by atoms with Crippen LogP contribution < -0.4 is 11.1 Å². The van der Waals surface area contributed by atoms with Crippen molar-refractivity contribution in [3.8, 4) is 0 Å². The Morgan fingerprint density at radius 3 is 3.09 bits per heavy atom. The monoisotopic (exact) mass is 213 g/mol. The Labute approximate surface area is 72.5 Å². The summed E-state index contributed by atoms with van der Waals surface area (Å²) in [5.74, 6) is 0.280. The SMILES string of the molecule is N=CN=C(N)C1=C[C+]=C(Br)N1. The Kier molecular flexibility index (Phi) is 2.36. The van der Waals surface area contributed by atoms with E-state index < -0.39 is 0 Å². The molecule has 0 spiro atoms. The Balaban J connectivity index is 2.67. The molecule has 0 bridgehead atoms. The normalized spacial score (nSPS) is 16.3. The molecule has 1 heterocycles. The number of allylic oxidation sites excluding steroid dienone is 2. The number of amidine groups is 1. The third-order valence-electron chi connectivity index (χ3n) is 1.07. The van der Waals surface area contributed by atoms with Gasteiger partial charge in [0.2, 0.25) is 16.1 Å². The van der Waals surface area contributed by atoms with E-state index >= 15 is 0 Å². The van der Waals surface area contributed by atoms with E-state index in [1.54, 1.807) is 6.08 Å². The minimum Gasteiger partial charge on any atom is -0.364 e. The van der Waals surface area contributed by atoms with Gasteiger partial charge in [-0.3, -0.25) is 5.41 Å². The zero-order valence-electron chi connectivity index (χ0n) is 5.56. The molecule has 11 heavy (non-hydrogen) atoms.